The second-order valence-electron chi connectivity index (χ2n) is 8.39. The van der Waals surface area contributed by atoms with Gasteiger partial charge in [0.1, 0.15) is 5.82 Å². The molecule has 1 aliphatic rings. The van der Waals surface area contributed by atoms with Crippen LogP contribution < -0.4 is 5.32 Å². The Hall–Kier alpha value is -2.37. The Morgan fingerprint density at radius 2 is 2.07 bits per heavy atom. The molecule has 1 N–H and O–H groups in total. The summed E-state index contributed by atoms with van der Waals surface area (Å²) in [5.74, 6) is 0.907. The molecule has 0 atom stereocenters. The van der Waals surface area contributed by atoms with E-state index in [2.05, 4.69) is 35.6 Å². The lowest BCUT2D eigenvalue weighted by Gasteiger charge is -2.30. The van der Waals surface area contributed by atoms with Crippen LogP contribution in [-0.2, 0) is 37.8 Å². The molecule has 2 aromatic heterocycles. The van der Waals surface area contributed by atoms with E-state index in [4.69, 9.17) is 0 Å². The average molecular weight is 370 g/mol. The topological polar surface area (TPSA) is 68.9 Å². The van der Waals surface area contributed by atoms with Crippen molar-refractivity contribution in [2.24, 2.45) is 12.5 Å². The van der Waals surface area contributed by atoms with Crippen molar-refractivity contribution in [3.05, 3.63) is 40.7 Å². The zero-order valence-electron chi connectivity index (χ0n) is 17.1. The summed E-state index contributed by atoms with van der Waals surface area (Å²) in [6.45, 7) is 9.74. The lowest BCUT2D eigenvalue weighted by Crippen LogP contribution is -2.29. The minimum Gasteiger partial charge on any atom is -0.349 e. The molecule has 2 aromatic rings. The van der Waals surface area contributed by atoms with Gasteiger partial charge in [-0.25, -0.2) is 4.98 Å². The van der Waals surface area contributed by atoms with Crippen molar-refractivity contribution in [2.45, 2.75) is 66.5 Å². The Kier molecular flexibility index (Phi) is 5.27. The van der Waals surface area contributed by atoms with Crippen LogP contribution in [0.3, 0.4) is 0 Å². The number of hydrogen-bond acceptors (Lipinski definition) is 3. The predicted octanol–water partition coefficient (Wildman–Crippen LogP) is 2.95. The van der Waals surface area contributed by atoms with Crippen molar-refractivity contribution in [1.82, 2.24) is 19.4 Å². The minimum absolute atomic E-state index is 0.0297. The van der Waals surface area contributed by atoms with Gasteiger partial charge in [-0.3, -0.25) is 9.59 Å². The van der Waals surface area contributed by atoms with Crippen LogP contribution in [0.2, 0.25) is 0 Å². The average Bonchev–Trinajstić information content (AvgIpc) is 3.09. The zero-order valence-corrected chi connectivity index (χ0v) is 17.1. The van der Waals surface area contributed by atoms with Gasteiger partial charge in [-0.1, -0.05) is 20.8 Å². The first-order chi connectivity index (χ1) is 12.7. The van der Waals surface area contributed by atoms with Crippen molar-refractivity contribution >= 4 is 11.7 Å². The largest absolute Gasteiger partial charge is 0.349 e. The molecule has 0 saturated heterocycles. The van der Waals surface area contributed by atoms with Gasteiger partial charge in [-0.15, -0.1) is 0 Å². The van der Waals surface area contributed by atoms with E-state index in [9.17, 15) is 9.59 Å². The fourth-order valence-corrected chi connectivity index (χ4v) is 4.12. The van der Waals surface area contributed by atoms with Crippen LogP contribution in [-0.4, -0.2) is 25.8 Å². The maximum Gasteiger partial charge on any atom is 0.224 e. The van der Waals surface area contributed by atoms with Crippen molar-refractivity contribution in [1.29, 1.82) is 0 Å². The number of aryl methyl sites for hydroxylation is 1. The van der Waals surface area contributed by atoms with Crippen LogP contribution in [0.25, 0.3) is 0 Å². The fourth-order valence-electron chi connectivity index (χ4n) is 4.12. The number of carbonyl (C=O) groups is 2. The third-order valence-corrected chi connectivity index (χ3v) is 5.47. The number of nitrogens with one attached hydrogen (secondary N) is 1. The molecule has 0 fully saturated rings. The number of Topliss-reactive ketones (excluding diaryl/α,β-unsaturated/α-hetero) is 1. The Balaban J connectivity index is 1.86. The number of amides is 1. The maximum absolute atomic E-state index is 12.9. The molecule has 6 heteroatoms. The number of ketones is 1. The van der Waals surface area contributed by atoms with E-state index in [-0.39, 0.29) is 23.5 Å². The Labute approximate surface area is 161 Å². The molecule has 0 aliphatic heterocycles. The number of imidazole rings is 1. The molecule has 0 radical (unpaired) electrons. The van der Waals surface area contributed by atoms with Gasteiger partial charge in [0.2, 0.25) is 5.91 Å². The summed E-state index contributed by atoms with van der Waals surface area (Å²) < 4.78 is 4.15. The highest BCUT2D eigenvalue weighted by Gasteiger charge is 2.36. The first-order valence-corrected chi connectivity index (χ1v) is 9.70. The number of nitrogens with zero attached hydrogens (tertiary/aromatic N) is 3. The molecule has 6 nitrogen and oxygen atoms in total. The standard InChI is InChI=1S/C21H30N4O2/c1-6-8-25-14(2)15(20-16(25)11-21(3,4)12-17(20)26)10-19(27)23-13-18-22-7-9-24(18)5/h7,9H,6,8,10-13H2,1-5H3,(H,23,27). The molecule has 0 bridgehead atoms. The Morgan fingerprint density at radius 1 is 1.33 bits per heavy atom. The third kappa shape index (κ3) is 3.84. The molecule has 0 aromatic carbocycles. The van der Waals surface area contributed by atoms with Gasteiger partial charge in [0, 0.05) is 49.4 Å². The van der Waals surface area contributed by atoms with Crippen molar-refractivity contribution < 1.29 is 9.59 Å². The van der Waals surface area contributed by atoms with E-state index in [1.165, 1.54) is 0 Å². The van der Waals surface area contributed by atoms with Gasteiger partial charge >= 0.3 is 0 Å². The molecular weight excluding hydrogens is 340 g/mol. The number of fused-ring (bicyclic) bond motifs is 1. The first-order valence-electron chi connectivity index (χ1n) is 9.70. The van der Waals surface area contributed by atoms with Crippen LogP contribution in [0.4, 0.5) is 0 Å². The number of carbonyl (C=O) groups excluding carboxylic acids is 2. The molecule has 0 saturated carbocycles. The molecule has 146 valence electrons. The van der Waals surface area contributed by atoms with E-state index in [1.54, 1.807) is 6.20 Å². The summed E-state index contributed by atoms with van der Waals surface area (Å²) in [6.07, 6.45) is 6.23. The van der Waals surface area contributed by atoms with Gasteiger partial charge in [0.15, 0.2) is 5.78 Å². The number of aromatic nitrogens is 3. The Bertz CT molecular complexity index is 873. The van der Waals surface area contributed by atoms with Gasteiger partial charge < -0.3 is 14.5 Å². The fraction of sp³-hybridized carbons (Fsp3) is 0.571. The summed E-state index contributed by atoms with van der Waals surface area (Å²) in [4.78, 5) is 29.7. The smallest absolute Gasteiger partial charge is 0.224 e. The minimum atomic E-state index is -0.0739. The number of rotatable bonds is 6. The molecule has 3 rings (SSSR count). The summed E-state index contributed by atoms with van der Waals surface area (Å²) in [5, 5.41) is 2.94. The van der Waals surface area contributed by atoms with E-state index in [0.717, 1.165) is 47.7 Å². The monoisotopic (exact) mass is 370 g/mol. The lowest BCUT2D eigenvalue weighted by molar-refractivity contribution is -0.120. The highest BCUT2D eigenvalue weighted by molar-refractivity contribution is 6.01. The van der Waals surface area contributed by atoms with Gasteiger partial charge in [0.05, 0.1) is 13.0 Å². The van der Waals surface area contributed by atoms with Gasteiger partial charge in [-0.2, -0.15) is 0 Å². The normalized spacial score (nSPS) is 15.7. The van der Waals surface area contributed by atoms with Crippen LogP contribution in [0.5, 0.6) is 0 Å². The maximum atomic E-state index is 12.9. The van der Waals surface area contributed by atoms with Crippen molar-refractivity contribution in [2.75, 3.05) is 0 Å². The molecule has 0 spiro atoms. The second kappa shape index (κ2) is 7.33. The predicted molar refractivity (Wildman–Crippen MR) is 105 cm³/mol. The van der Waals surface area contributed by atoms with Crippen LogP contribution in [0.1, 0.15) is 66.7 Å². The molecule has 1 amide bonds. The first kappa shape index (κ1) is 19.4. The molecule has 2 heterocycles. The zero-order chi connectivity index (χ0) is 19.8. The van der Waals surface area contributed by atoms with Crippen molar-refractivity contribution in [3.63, 3.8) is 0 Å². The molecule has 1 aliphatic carbocycles. The van der Waals surface area contributed by atoms with Crippen LogP contribution >= 0.6 is 0 Å². The summed E-state index contributed by atoms with van der Waals surface area (Å²) in [5.41, 5.74) is 3.84. The third-order valence-electron chi connectivity index (χ3n) is 5.47. The summed E-state index contributed by atoms with van der Waals surface area (Å²) >= 11 is 0. The summed E-state index contributed by atoms with van der Waals surface area (Å²) in [7, 11) is 1.90. The molecular formula is C21H30N4O2. The van der Waals surface area contributed by atoms with E-state index < -0.39 is 0 Å². The second-order valence-corrected chi connectivity index (χ2v) is 8.39. The Morgan fingerprint density at radius 3 is 2.70 bits per heavy atom. The molecule has 0 unspecified atom stereocenters. The van der Waals surface area contributed by atoms with Crippen molar-refractivity contribution in [3.8, 4) is 0 Å². The van der Waals surface area contributed by atoms with E-state index >= 15 is 0 Å². The SMILES string of the molecule is CCCn1c(C)c(CC(=O)NCc2nccn2C)c2c1CC(C)(C)CC2=O. The van der Waals surface area contributed by atoms with E-state index in [0.29, 0.717) is 13.0 Å². The van der Waals surface area contributed by atoms with Crippen LogP contribution in [0, 0.1) is 12.3 Å². The highest BCUT2D eigenvalue weighted by Crippen LogP contribution is 2.38. The van der Waals surface area contributed by atoms with Crippen LogP contribution in [0.15, 0.2) is 12.4 Å². The summed E-state index contributed by atoms with van der Waals surface area (Å²) in [6, 6.07) is 0. The number of hydrogen-bond donors (Lipinski definition) is 1. The highest BCUT2D eigenvalue weighted by atomic mass is 16.1. The lowest BCUT2D eigenvalue weighted by atomic mass is 9.75. The van der Waals surface area contributed by atoms with Gasteiger partial charge in [0.25, 0.3) is 0 Å². The quantitative estimate of drug-likeness (QED) is 0.850. The van der Waals surface area contributed by atoms with E-state index in [1.807, 2.05) is 24.7 Å². The molecule has 27 heavy (non-hydrogen) atoms. The van der Waals surface area contributed by atoms with Gasteiger partial charge in [-0.05, 0) is 30.7 Å².